The highest BCUT2D eigenvalue weighted by molar-refractivity contribution is 14.1. The van der Waals surface area contributed by atoms with Crippen LogP contribution in [0.1, 0.15) is 32.3 Å². The van der Waals surface area contributed by atoms with Crippen molar-refractivity contribution in [2.45, 2.75) is 39.3 Å². The SMILES string of the molecule is CCCCNC(=O)[C@H](C)N(Cc1ccc(Cl)cc1Cl)C(=O)COc1ccc(I)cc1. The number of rotatable bonds is 10. The molecule has 2 aromatic carbocycles. The number of carbonyl (C=O) groups is 2. The molecule has 0 aliphatic rings. The number of hydrogen-bond donors (Lipinski definition) is 1. The molecule has 8 heteroatoms. The molecular formula is C22H25Cl2IN2O3. The number of hydrogen-bond acceptors (Lipinski definition) is 3. The second-order valence-electron chi connectivity index (χ2n) is 6.82. The van der Waals surface area contributed by atoms with Crippen LogP contribution in [-0.4, -0.2) is 35.9 Å². The molecule has 0 bridgehead atoms. The first-order valence-electron chi connectivity index (χ1n) is 9.71. The van der Waals surface area contributed by atoms with E-state index >= 15 is 0 Å². The van der Waals surface area contributed by atoms with E-state index in [1.807, 2.05) is 12.1 Å². The summed E-state index contributed by atoms with van der Waals surface area (Å²) in [5.74, 6) is 0.0714. The molecule has 0 saturated heterocycles. The number of amides is 2. The lowest BCUT2D eigenvalue weighted by Crippen LogP contribution is -2.49. The summed E-state index contributed by atoms with van der Waals surface area (Å²) in [6.45, 7) is 4.32. The van der Waals surface area contributed by atoms with Crippen LogP contribution in [0.5, 0.6) is 5.75 Å². The van der Waals surface area contributed by atoms with Crippen LogP contribution in [0, 0.1) is 3.57 Å². The van der Waals surface area contributed by atoms with Crippen LogP contribution in [0.3, 0.4) is 0 Å². The Labute approximate surface area is 201 Å². The Morgan fingerprint density at radius 1 is 1.17 bits per heavy atom. The summed E-state index contributed by atoms with van der Waals surface area (Å²) in [7, 11) is 0. The van der Waals surface area contributed by atoms with Gasteiger partial charge in [-0.15, -0.1) is 0 Å². The van der Waals surface area contributed by atoms with Crippen LogP contribution in [-0.2, 0) is 16.1 Å². The summed E-state index contributed by atoms with van der Waals surface area (Å²) in [5, 5.41) is 3.83. The van der Waals surface area contributed by atoms with E-state index in [1.54, 1.807) is 37.3 Å². The van der Waals surface area contributed by atoms with Crippen molar-refractivity contribution in [1.82, 2.24) is 10.2 Å². The molecule has 0 saturated carbocycles. The van der Waals surface area contributed by atoms with Crippen LogP contribution in [0.4, 0.5) is 0 Å². The first-order valence-corrected chi connectivity index (χ1v) is 11.5. The monoisotopic (exact) mass is 562 g/mol. The average Bonchev–Trinajstić information content (AvgIpc) is 2.72. The van der Waals surface area contributed by atoms with E-state index in [-0.39, 0.29) is 25.0 Å². The Balaban J connectivity index is 2.14. The van der Waals surface area contributed by atoms with E-state index in [2.05, 4.69) is 34.8 Å². The van der Waals surface area contributed by atoms with Crippen molar-refractivity contribution >= 4 is 57.6 Å². The number of halogens is 3. The molecule has 2 amide bonds. The number of ether oxygens (including phenoxy) is 1. The van der Waals surface area contributed by atoms with Gasteiger partial charge in [0.15, 0.2) is 6.61 Å². The van der Waals surface area contributed by atoms with Crippen molar-refractivity contribution in [1.29, 1.82) is 0 Å². The summed E-state index contributed by atoms with van der Waals surface area (Å²) in [6.07, 6.45) is 1.85. The van der Waals surface area contributed by atoms with Crippen molar-refractivity contribution in [2.75, 3.05) is 13.2 Å². The highest BCUT2D eigenvalue weighted by Crippen LogP contribution is 2.23. The average molecular weight is 563 g/mol. The van der Waals surface area contributed by atoms with E-state index < -0.39 is 6.04 Å². The van der Waals surface area contributed by atoms with E-state index in [9.17, 15) is 9.59 Å². The van der Waals surface area contributed by atoms with Gasteiger partial charge in [0.05, 0.1) is 0 Å². The molecule has 0 radical (unpaired) electrons. The van der Waals surface area contributed by atoms with Crippen LogP contribution in [0.2, 0.25) is 10.0 Å². The fraction of sp³-hybridized carbons (Fsp3) is 0.364. The number of unbranched alkanes of at least 4 members (excludes halogenated alkanes) is 1. The Morgan fingerprint density at radius 3 is 2.50 bits per heavy atom. The number of carbonyl (C=O) groups excluding carboxylic acids is 2. The third-order valence-electron chi connectivity index (χ3n) is 4.53. The molecule has 2 aromatic rings. The minimum Gasteiger partial charge on any atom is -0.484 e. The quantitative estimate of drug-likeness (QED) is 0.315. The maximum absolute atomic E-state index is 13.0. The first kappa shape index (κ1) is 24.8. The molecule has 0 spiro atoms. The second-order valence-corrected chi connectivity index (χ2v) is 8.91. The van der Waals surface area contributed by atoms with Gasteiger partial charge in [0.25, 0.3) is 5.91 Å². The smallest absolute Gasteiger partial charge is 0.261 e. The van der Waals surface area contributed by atoms with Crippen LogP contribution < -0.4 is 10.1 Å². The normalized spacial score (nSPS) is 11.6. The molecule has 0 fully saturated rings. The lowest BCUT2D eigenvalue weighted by atomic mass is 10.1. The summed E-state index contributed by atoms with van der Waals surface area (Å²) in [6, 6.07) is 11.8. The van der Waals surface area contributed by atoms with Crippen LogP contribution >= 0.6 is 45.8 Å². The number of nitrogens with one attached hydrogen (secondary N) is 1. The van der Waals surface area contributed by atoms with Gasteiger partial charge in [-0.25, -0.2) is 0 Å². The zero-order valence-corrected chi connectivity index (χ0v) is 20.6. The lowest BCUT2D eigenvalue weighted by molar-refractivity contribution is -0.142. The van der Waals surface area contributed by atoms with Gasteiger partial charge in [-0.05, 0) is 77.9 Å². The fourth-order valence-electron chi connectivity index (χ4n) is 2.71. The van der Waals surface area contributed by atoms with Crippen molar-refractivity contribution in [3.63, 3.8) is 0 Å². The molecule has 1 atom stereocenters. The molecule has 0 unspecified atom stereocenters. The number of benzene rings is 2. The highest BCUT2D eigenvalue weighted by Gasteiger charge is 2.27. The minimum absolute atomic E-state index is 0.174. The molecule has 5 nitrogen and oxygen atoms in total. The third kappa shape index (κ3) is 7.63. The van der Waals surface area contributed by atoms with Gasteiger partial charge in [0.1, 0.15) is 11.8 Å². The predicted octanol–water partition coefficient (Wildman–Crippen LogP) is 5.31. The van der Waals surface area contributed by atoms with Crippen LogP contribution in [0.25, 0.3) is 0 Å². The third-order valence-corrected chi connectivity index (χ3v) is 5.83. The maximum Gasteiger partial charge on any atom is 0.261 e. The zero-order valence-electron chi connectivity index (χ0n) is 17.0. The van der Waals surface area contributed by atoms with Gasteiger partial charge in [-0.2, -0.15) is 0 Å². The molecule has 0 heterocycles. The molecule has 0 aromatic heterocycles. The molecule has 30 heavy (non-hydrogen) atoms. The van der Waals surface area contributed by atoms with Crippen molar-refractivity contribution in [3.8, 4) is 5.75 Å². The van der Waals surface area contributed by atoms with E-state index in [0.29, 0.717) is 27.9 Å². The lowest BCUT2D eigenvalue weighted by Gasteiger charge is -2.29. The van der Waals surface area contributed by atoms with Crippen molar-refractivity contribution in [3.05, 3.63) is 61.6 Å². The standard InChI is InChI=1S/C22H25Cl2IN2O3/c1-3-4-11-26-22(29)15(2)27(13-16-5-6-17(23)12-20(16)24)21(28)14-30-19-9-7-18(25)8-10-19/h5-10,12,15H,3-4,11,13-14H2,1-2H3,(H,26,29)/t15-/m0/s1. The molecule has 2 rings (SSSR count). The van der Waals surface area contributed by atoms with E-state index in [0.717, 1.165) is 16.4 Å². The van der Waals surface area contributed by atoms with Gasteiger partial charge in [-0.1, -0.05) is 42.6 Å². The Bertz CT molecular complexity index is 862. The molecule has 0 aliphatic heterocycles. The van der Waals surface area contributed by atoms with Gasteiger partial charge >= 0.3 is 0 Å². The molecule has 162 valence electrons. The van der Waals surface area contributed by atoms with Crippen molar-refractivity contribution < 1.29 is 14.3 Å². The summed E-state index contributed by atoms with van der Waals surface area (Å²) in [4.78, 5) is 27.1. The van der Waals surface area contributed by atoms with Crippen LogP contribution in [0.15, 0.2) is 42.5 Å². The Kier molecular flexibility index (Phi) is 10.2. The first-order chi connectivity index (χ1) is 14.3. The maximum atomic E-state index is 13.0. The Hall–Kier alpha value is -1.51. The van der Waals surface area contributed by atoms with Gasteiger partial charge in [-0.3, -0.25) is 9.59 Å². The summed E-state index contributed by atoms with van der Waals surface area (Å²) in [5.41, 5.74) is 0.705. The number of nitrogens with zero attached hydrogens (tertiary/aromatic N) is 1. The van der Waals surface area contributed by atoms with Gasteiger partial charge in [0.2, 0.25) is 5.91 Å². The molecule has 0 aliphatic carbocycles. The van der Waals surface area contributed by atoms with Crippen molar-refractivity contribution in [2.24, 2.45) is 0 Å². The van der Waals surface area contributed by atoms with E-state index in [4.69, 9.17) is 27.9 Å². The topological polar surface area (TPSA) is 58.6 Å². The van der Waals surface area contributed by atoms with E-state index in [1.165, 1.54) is 4.90 Å². The summed E-state index contributed by atoms with van der Waals surface area (Å²) >= 11 is 14.5. The fourth-order valence-corrected chi connectivity index (χ4v) is 3.54. The highest BCUT2D eigenvalue weighted by atomic mass is 127. The Morgan fingerprint density at radius 2 is 1.87 bits per heavy atom. The van der Waals surface area contributed by atoms with Gasteiger partial charge < -0.3 is 15.0 Å². The largest absolute Gasteiger partial charge is 0.484 e. The zero-order chi connectivity index (χ0) is 22.1. The summed E-state index contributed by atoms with van der Waals surface area (Å²) < 4.78 is 6.71. The second kappa shape index (κ2) is 12.4. The predicted molar refractivity (Wildman–Crippen MR) is 129 cm³/mol. The molecular weight excluding hydrogens is 538 g/mol. The minimum atomic E-state index is -0.679. The molecule has 1 N–H and O–H groups in total. The van der Waals surface area contributed by atoms with Gasteiger partial charge in [0, 0.05) is 26.7 Å².